The van der Waals surface area contributed by atoms with Crippen molar-refractivity contribution >= 4 is 50.2 Å². The van der Waals surface area contributed by atoms with Gasteiger partial charge in [0.1, 0.15) is 6.04 Å². The largest absolute Gasteiger partial charge is 0.494 e. The quantitative estimate of drug-likeness (QED) is 0.553. The molecule has 1 atom stereocenters. The molecule has 132 valence electrons. The number of carboxylic acid groups (broad SMARTS) is 1. The van der Waals surface area contributed by atoms with Crippen LogP contribution in [0.2, 0.25) is 0 Å². The minimum Gasteiger partial charge on any atom is -0.494 e. The van der Waals surface area contributed by atoms with Crippen LogP contribution in [0.4, 0.5) is 0 Å². The van der Waals surface area contributed by atoms with Gasteiger partial charge < -0.3 is 10.2 Å². The number of pyridine rings is 1. The van der Waals surface area contributed by atoms with E-state index in [1.165, 1.54) is 23.9 Å². The van der Waals surface area contributed by atoms with Crippen molar-refractivity contribution in [2.75, 3.05) is 12.0 Å². The van der Waals surface area contributed by atoms with E-state index >= 15 is 0 Å². The van der Waals surface area contributed by atoms with Crippen molar-refractivity contribution in [3.8, 4) is 5.88 Å². The third-order valence-electron chi connectivity index (χ3n) is 4.70. The first-order valence-electron chi connectivity index (χ1n) is 7.93. The van der Waals surface area contributed by atoms with Gasteiger partial charge in [-0.1, -0.05) is 0 Å². The van der Waals surface area contributed by atoms with Gasteiger partial charge in [-0.2, -0.15) is 11.8 Å². The Kier molecular flexibility index (Phi) is 3.73. The van der Waals surface area contributed by atoms with Crippen molar-refractivity contribution in [2.45, 2.75) is 12.5 Å². The predicted octanol–water partition coefficient (Wildman–Crippen LogP) is 2.02. The molecule has 0 aliphatic carbocycles. The van der Waals surface area contributed by atoms with E-state index in [4.69, 9.17) is 0 Å². The topological polar surface area (TPSA) is 109 Å². The van der Waals surface area contributed by atoms with Gasteiger partial charge in [-0.05, 0) is 42.7 Å². The zero-order chi connectivity index (χ0) is 18.6. The van der Waals surface area contributed by atoms with E-state index in [0.717, 1.165) is 4.57 Å². The van der Waals surface area contributed by atoms with Gasteiger partial charge in [0.25, 0.3) is 11.1 Å². The van der Waals surface area contributed by atoms with Crippen molar-refractivity contribution in [3.63, 3.8) is 0 Å². The van der Waals surface area contributed by atoms with Crippen molar-refractivity contribution in [1.82, 2.24) is 9.55 Å². The number of rotatable bonds is 5. The van der Waals surface area contributed by atoms with Gasteiger partial charge in [0.05, 0.1) is 10.9 Å². The van der Waals surface area contributed by atoms with Gasteiger partial charge in [-0.15, -0.1) is 0 Å². The summed E-state index contributed by atoms with van der Waals surface area (Å²) in [6, 6.07) is 5.01. The van der Waals surface area contributed by atoms with Crippen LogP contribution in [0, 0.1) is 0 Å². The van der Waals surface area contributed by atoms with Gasteiger partial charge in [0, 0.05) is 21.5 Å². The van der Waals surface area contributed by atoms with Gasteiger partial charge in [0.15, 0.2) is 0 Å². The zero-order valence-electron chi connectivity index (χ0n) is 13.7. The molecule has 0 aliphatic rings. The average molecular weight is 370 g/mol. The number of carboxylic acids is 1. The number of hydrogen-bond acceptors (Lipinski definition) is 6. The molecular weight excluding hydrogens is 356 g/mol. The monoisotopic (exact) mass is 370 g/mol. The molecule has 0 aliphatic heterocycles. The highest BCUT2D eigenvalue weighted by atomic mass is 32.2. The highest BCUT2D eigenvalue weighted by molar-refractivity contribution is 7.98. The predicted molar refractivity (Wildman–Crippen MR) is 101 cm³/mol. The lowest BCUT2D eigenvalue weighted by Crippen LogP contribution is -2.30. The molecular formula is C18H14N2O5S. The van der Waals surface area contributed by atoms with E-state index in [1.54, 1.807) is 12.1 Å². The zero-order valence-corrected chi connectivity index (χ0v) is 14.5. The lowest BCUT2D eigenvalue weighted by Gasteiger charge is -2.19. The summed E-state index contributed by atoms with van der Waals surface area (Å²) in [7, 11) is 0. The Hall–Kier alpha value is -2.87. The third kappa shape index (κ3) is 2.15. The van der Waals surface area contributed by atoms with Crippen LogP contribution in [0.1, 0.15) is 12.5 Å². The van der Waals surface area contributed by atoms with E-state index in [9.17, 15) is 24.6 Å². The standard InChI is InChI=1S/C18H14N2O5S/c1-26-7-6-12(18(24)25)20-16(22)9-3-2-8-14-11(19-15(8)21)5-4-10(13(9)14)17(20)23/h2-5,12,23H,6-7H2,1H3,(H,24,25)/t12-/m0/s1. The van der Waals surface area contributed by atoms with Crippen LogP contribution in [-0.2, 0) is 4.79 Å². The Morgan fingerprint density at radius 1 is 1.15 bits per heavy atom. The Labute approximate surface area is 150 Å². The number of benzene rings is 2. The van der Waals surface area contributed by atoms with Crippen molar-refractivity contribution in [1.29, 1.82) is 0 Å². The van der Waals surface area contributed by atoms with Gasteiger partial charge in [-0.3, -0.25) is 14.2 Å². The smallest absolute Gasteiger partial charge is 0.326 e. The Balaban J connectivity index is 2.15. The highest BCUT2D eigenvalue weighted by Gasteiger charge is 2.27. The molecule has 2 aromatic heterocycles. The molecule has 0 amide bonds. The molecule has 0 bridgehead atoms. The Morgan fingerprint density at radius 3 is 2.54 bits per heavy atom. The average Bonchev–Trinajstić information content (AvgIpc) is 2.94. The molecule has 7 nitrogen and oxygen atoms in total. The first kappa shape index (κ1) is 16.6. The second-order valence-corrected chi connectivity index (χ2v) is 7.08. The number of aliphatic carboxylic acids is 1. The molecule has 2 N–H and O–H groups in total. The second-order valence-electron chi connectivity index (χ2n) is 6.09. The summed E-state index contributed by atoms with van der Waals surface area (Å²) < 4.78 is 0.936. The van der Waals surface area contributed by atoms with Gasteiger partial charge >= 0.3 is 5.97 Å². The minimum atomic E-state index is -1.18. The summed E-state index contributed by atoms with van der Waals surface area (Å²) in [6.45, 7) is 0. The molecule has 0 unspecified atom stereocenters. The maximum absolute atomic E-state index is 13.0. The van der Waals surface area contributed by atoms with Crippen LogP contribution < -0.4 is 11.1 Å². The Bertz CT molecular complexity index is 1270. The second kappa shape index (κ2) is 5.84. The summed E-state index contributed by atoms with van der Waals surface area (Å²) in [6.07, 6.45) is 2.05. The summed E-state index contributed by atoms with van der Waals surface area (Å²) in [4.78, 5) is 40.7. The lowest BCUT2D eigenvalue weighted by molar-refractivity contribution is -0.141. The molecule has 4 aromatic rings. The van der Waals surface area contributed by atoms with E-state index in [0.29, 0.717) is 32.8 Å². The minimum absolute atomic E-state index is 0.203. The summed E-state index contributed by atoms with van der Waals surface area (Å²) >= 11 is 1.46. The molecule has 2 heterocycles. The number of hydrogen-bond donors (Lipinski definition) is 2. The summed E-state index contributed by atoms with van der Waals surface area (Å²) in [5.41, 5.74) is -0.523. The van der Waals surface area contributed by atoms with Gasteiger partial charge in [0.2, 0.25) is 5.88 Å². The van der Waals surface area contributed by atoms with Crippen LogP contribution in [0.3, 0.4) is 0 Å². The highest BCUT2D eigenvalue weighted by Crippen LogP contribution is 2.36. The molecule has 0 saturated carbocycles. The molecule has 26 heavy (non-hydrogen) atoms. The fourth-order valence-electron chi connectivity index (χ4n) is 3.52. The fourth-order valence-corrected chi connectivity index (χ4v) is 3.98. The first-order chi connectivity index (χ1) is 12.5. The van der Waals surface area contributed by atoms with E-state index in [-0.39, 0.29) is 17.4 Å². The number of thioether (sulfide) groups is 1. The van der Waals surface area contributed by atoms with Crippen molar-refractivity contribution in [3.05, 3.63) is 45.0 Å². The summed E-state index contributed by atoms with van der Waals surface area (Å²) in [5, 5.41) is 22.3. The maximum atomic E-state index is 13.0. The van der Waals surface area contributed by atoms with Crippen LogP contribution >= 0.6 is 11.8 Å². The molecule has 2 aromatic carbocycles. The molecule has 0 spiro atoms. The molecule has 0 saturated heterocycles. The van der Waals surface area contributed by atoms with Crippen molar-refractivity contribution in [2.24, 2.45) is 0 Å². The van der Waals surface area contributed by atoms with Crippen LogP contribution in [0.25, 0.3) is 32.4 Å². The number of nitrogens with zero attached hydrogens (tertiary/aromatic N) is 2. The SMILES string of the molecule is CSCC[C@@H](C(=O)O)n1c(O)c2ccc3nc(=O)c4ccc(c1=O)c2c34. The third-order valence-corrected chi connectivity index (χ3v) is 5.35. The number of carbonyl (C=O) groups is 1. The van der Waals surface area contributed by atoms with Crippen LogP contribution in [-0.4, -0.2) is 37.7 Å². The number of aromatic nitrogens is 2. The van der Waals surface area contributed by atoms with Crippen LogP contribution in [0.15, 0.2) is 33.9 Å². The number of aromatic hydroxyl groups is 1. The van der Waals surface area contributed by atoms with E-state index < -0.39 is 23.5 Å². The maximum Gasteiger partial charge on any atom is 0.326 e. The van der Waals surface area contributed by atoms with Crippen LogP contribution in [0.5, 0.6) is 5.88 Å². The molecule has 0 radical (unpaired) electrons. The normalized spacial score (nSPS) is 13.1. The lowest BCUT2D eigenvalue weighted by atomic mass is 9.99. The van der Waals surface area contributed by atoms with E-state index in [2.05, 4.69) is 4.98 Å². The fraction of sp³-hybridized carbons (Fsp3) is 0.222. The van der Waals surface area contributed by atoms with Gasteiger partial charge in [-0.25, -0.2) is 9.78 Å². The molecule has 4 rings (SSSR count). The molecule has 8 heteroatoms. The van der Waals surface area contributed by atoms with Crippen molar-refractivity contribution < 1.29 is 15.0 Å². The first-order valence-corrected chi connectivity index (χ1v) is 9.32. The van der Waals surface area contributed by atoms with E-state index in [1.807, 2.05) is 6.26 Å². The Morgan fingerprint density at radius 2 is 1.85 bits per heavy atom. The summed E-state index contributed by atoms with van der Waals surface area (Å²) in [5.74, 6) is -1.05. The molecule has 0 fully saturated rings.